The number of allylic oxidation sites excluding steroid dienone is 3. The maximum atomic E-state index is 13.0. The smallest absolute Gasteiger partial charge is 0.371 e. The van der Waals surface area contributed by atoms with Crippen LogP contribution in [-0.2, 0) is 9.53 Å². The number of rotatable bonds is 0. The van der Waals surface area contributed by atoms with Crippen molar-refractivity contribution < 1.29 is 18.7 Å². The second kappa shape index (κ2) is 2.62. The predicted molar refractivity (Wildman–Crippen MR) is 41.0 cm³/mol. The normalized spacial score (nSPS) is 26.1. The van der Waals surface area contributed by atoms with Crippen molar-refractivity contribution in [3.63, 3.8) is 0 Å². The molecule has 2 aliphatic rings. The Labute approximate surface area is 72.4 Å². The summed E-state index contributed by atoms with van der Waals surface area (Å²) in [6, 6.07) is 0. The molecule has 0 radical (unpaired) electrons. The number of carbonyl (C=O) groups excluding carboxylic acids is 2. The third-order valence-corrected chi connectivity index (χ3v) is 1.69. The quantitative estimate of drug-likeness (QED) is 0.412. The first-order valence-electron chi connectivity index (χ1n) is 3.56. The number of amides is 1. The first kappa shape index (κ1) is 7.85. The van der Waals surface area contributed by atoms with Crippen LogP contribution in [-0.4, -0.2) is 23.9 Å². The molecule has 1 unspecified atom stereocenters. The van der Waals surface area contributed by atoms with Gasteiger partial charge in [-0.05, 0) is 12.2 Å². The maximum absolute atomic E-state index is 13.0. The number of fused-ring (bicyclic) bond motifs is 1. The fourth-order valence-electron chi connectivity index (χ4n) is 1.12. The van der Waals surface area contributed by atoms with Gasteiger partial charge in [-0.25, -0.2) is 14.0 Å². The summed E-state index contributed by atoms with van der Waals surface area (Å²) in [5.74, 6) is -0.845. The van der Waals surface area contributed by atoms with E-state index in [-0.39, 0.29) is 11.3 Å². The van der Waals surface area contributed by atoms with Gasteiger partial charge in [0.25, 0.3) is 0 Å². The molecule has 0 N–H and O–H groups in total. The SMILES string of the molecule is O=C1N=C2C(=CC=CC2F)C(=O)O1. The van der Waals surface area contributed by atoms with Crippen LogP contribution in [0.2, 0.25) is 0 Å². The lowest BCUT2D eigenvalue weighted by Gasteiger charge is -2.16. The summed E-state index contributed by atoms with van der Waals surface area (Å²) in [5, 5.41) is 0. The molecule has 1 amide bonds. The molecule has 0 aromatic rings. The summed E-state index contributed by atoms with van der Waals surface area (Å²) in [7, 11) is 0. The van der Waals surface area contributed by atoms with Gasteiger partial charge in [0.1, 0.15) is 5.71 Å². The summed E-state index contributed by atoms with van der Waals surface area (Å²) in [4.78, 5) is 24.9. The van der Waals surface area contributed by atoms with Crippen LogP contribution in [0.25, 0.3) is 0 Å². The number of carbonyl (C=O) groups is 2. The van der Waals surface area contributed by atoms with E-state index < -0.39 is 18.2 Å². The first-order chi connectivity index (χ1) is 6.18. The van der Waals surface area contributed by atoms with Crippen molar-refractivity contribution in [1.29, 1.82) is 0 Å². The Hall–Kier alpha value is -1.78. The number of cyclic esters (lactones) is 2. The molecule has 0 bridgehead atoms. The first-order valence-corrected chi connectivity index (χ1v) is 3.56. The minimum atomic E-state index is -1.50. The fourth-order valence-corrected chi connectivity index (χ4v) is 1.12. The van der Waals surface area contributed by atoms with E-state index in [0.717, 1.165) is 0 Å². The summed E-state index contributed by atoms with van der Waals surface area (Å²) in [6.45, 7) is 0. The van der Waals surface area contributed by atoms with Gasteiger partial charge >= 0.3 is 12.1 Å². The third kappa shape index (κ3) is 1.18. The van der Waals surface area contributed by atoms with Crippen molar-refractivity contribution in [2.45, 2.75) is 6.17 Å². The molecule has 1 aliphatic carbocycles. The Bertz CT molecular complexity index is 381. The largest absolute Gasteiger partial charge is 0.441 e. The van der Waals surface area contributed by atoms with E-state index in [1.165, 1.54) is 18.2 Å². The van der Waals surface area contributed by atoms with Crippen molar-refractivity contribution in [3.8, 4) is 0 Å². The molecule has 13 heavy (non-hydrogen) atoms. The molecule has 66 valence electrons. The second-order valence-corrected chi connectivity index (χ2v) is 2.52. The zero-order valence-corrected chi connectivity index (χ0v) is 6.36. The molecular weight excluding hydrogens is 177 g/mol. The molecule has 1 atom stereocenters. The highest BCUT2D eigenvalue weighted by Gasteiger charge is 2.32. The van der Waals surface area contributed by atoms with Gasteiger partial charge in [-0.1, -0.05) is 6.08 Å². The van der Waals surface area contributed by atoms with Crippen LogP contribution >= 0.6 is 0 Å². The number of esters is 1. The molecule has 0 saturated heterocycles. The lowest BCUT2D eigenvalue weighted by atomic mass is 10.0. The third-order valence-electron chi connectivity index (χ3n) is 1.69. The van der Waals surface area contributed by atoms with Crippen molar-refractivity contribution in [1.82, 2.24) is 0 Å². The van der Waals surface area contributed by atoms with Crippen LogP contribution in [0.15, 0.2) is 28.8 Å². The van der Waals surface area contributed by atoms with Gasteiger partial charge in [-0.15, -0.1) is 0 Å². The minimum absolute atomic E-state index is 0.00889. The Morgan fingerprint density at radius 2 is 2.23 bits per heavy atom. The van der Waals surface area contributed by atoms with E-state index in [2.05, 4.69) is 9.73 Å². The number of hydrogen-bond donors (Lipinski definition) is 0. The van der Waals surface area contributed by atoms with Gasteiger partial charge in [0.2, 0.25) is 0 Å². The van der Waals surface area contributed by atoms with Gasteiger partial charge in [0, 0.05) is 0 Å². The minimum Gasteiger partial charge on any atom is -0.371 e. The molecule has 4 nitrogen and oxygen atoms in total. The number of aliphatic imine (C=N–C) groups is 1. The molecular formula is C8H4FNO3. The van der Waals surface area contributed by atoms with Crippen LogP contribution in [0.1, 0.15) is 0 Å². The van der Waals surface area contributed by atoms with E-state index in [4.69, 9.17) is 0 Å². The molecule has 5 heteroatoms. The van der Waals surface area contributed by atoms with E-state index in [0.29, 0.717) is 0 Å². The molecule has 0 fully saturated rings. The number of nitrogens with zero attached hydrogens (tertiary/aromatic N) is 1. The number of ether oxygens (including phenoxy) is 1. The van der Waals surface area contributed by atoms with E-state index in [1.54, 1.807) is 0 Å². The van der Waals surface area contributed by atoms with Gasteiger partial charge in [-0.3, -0.25) is 0 Å². The zero-order chi connectivity index (χ0) is 9.42. The maximum Gasteiger partial charge on any atom is 0.441 e. The Morgan fingerprint density at radius 3 is 3.00 bits per heavy atom. The van der Waals surface area contributed by atoms with Crippen LogP contribution in [0, 0.1) is 0 Å². The topological polar surface area (TPSA) is 55.7 Å². The average Bonchev–Trinajstić information content (AvgIpc) is 2.07. The summed E-state index contributed by atoms with van der Waals surface area (Å²) in [6.07, 6.45) is 1.39. The van der Waals surface area contributed by atoms with Gasteiger partial charge < -0.3 is 4.74 Å². The fraction of sp³-hybridized carbons (Fsp3) is 0.125. The molecule has 2 rings (SSSR count). The van der Waals surface area contributed by atoms with Crippen LogP contribution in [0.5, 0.6) is 0 Å². The van der Waals surface area contributed by atoms with E-state index in [1.807, 2.05) is 0 Å². The van der Waals surface area contributed by atoms with E-state index >= 15 is 0 Å². The highest BCUT2D eigenvalue weighted by Crippen LogP contribution is 2.18. The highest BCUT2D eigenvalue weighted by atomic mass is 19.1. The van der Waals surface area contributed by atoms with Gasteiger partial charge in [0.05, 0.1) is 5.57 Å². The van der Waals surface area contributed by atoms with Crippen molar-refractivity contribution in [3.05, 3.63) is 23.8 Å². The standard InChI is InChI=1S/C8H4FNO3/c9-5-3-1-2-4-6(5)10-8(12)13-7(4)11/h1-3,5H. The van der Waals surface area contributed by atoms with Crippen LogP contribution in [0.4, 0.5) is 9.18 Å². The summed E-state index contributed by atoms with van der Waals surface area (Å²) in [5.41, 5.74) is -0.154. The number of halogens is 1. The van der Waals surface area contributed by atoms with Crippen LogP contribution in [0.3, 0.4) is 0 Å². The molecule has 0 spiro atoms. The second-order valence-electron chi connectivity index (χ2n) is 2.52. The van der Waals surface area contributed by atoms with E-state index in [9.17, 15) is 14.0 Å². The van der Waals surface area contributed by atoms with Crippen molar-refractivity contribution in [2.75, 3.05) is 0 Å². The lowest BCUT2D eigenvalue weighted by Crippen LogP contribution is -2.31. The van der Waals surface area contributed by atoms with Crippen LogP contribution < -0.4 is 0 Å². The monoisotopic (exact) mass is 181 g/mol. The van der Waals surface area contributed by atoms with Gasteiger partial charge in [0.15, 0.2) is 6.17 Å². The number of hydrogen-bond acceptors (Lipinski definition) is 3. The molecule has 1 heterocycles. The Balaban J connectivity index is 2.51. The summed E-state index contributed by atoms with van der Waals surface area (Å²) >= 11 is 0. The predicted octanol–water partition coefficient (Wildman–Crippen LogP) is 0.939. The van der Waals surface area contributed by atoms with Gasteiger partial charge in [-0.2, -0.15) is 4.99 Å². The van der Waals surface area contributed by atoms with Crippen molar-refractivity contribution in [2.24, 2.45) is 4.99 Å². The highest BCUT2D eigenvalue weighted by molar-refractivity contribution is 6.28. The molecule has 0 aromatic carbocycles. The van der Waals surface area contributed by atoms with Crippen molar-refractivity contribution >= 4 is 17.8 Å². The summed E-state index contributed by atoms with van der Waals surface area (Å²) < 4.78 is 17.2. The molecule has 0 aromatic heterocycles. The Kier molecular flexibility index (Phi) is 1.58. The number of alkyl halides is 1. The molecule has 0 saturated carbocycles. The lowest BCUT2D eigenvalue weighted by molar-refractivity contribution is -0.132. The Morgan fingerprint density at radius 1 is 1.46 bits per heavy atom. The average molecular weight is 181 g/mol. The zero-order valence-electron chi connectivity index (χ0n) is 6.36. The molecule has 1 aliphatic heterocycles.